The molecule has 0 spiro atoms. The molecule has 2 amide bonds. The van der Waals surface area contributed by atoms with Gasteiger partial charge in [0.2, 0.25) is 0 Å². The van der Waals surface area contributed by atoms with Gasteiger partial charge in [0.05, 0.1) is 16.2 Å². The summed E-state index contributed by atoms with van der Waals surface area (Å²) in [6, 6.07) is 11.9. The van der Waals surface area contributed by atoms with Crippen LogP contribution in [0.4, 0.5) is 11.4 Å². The van der Waals surface area contributed by atoms with Crippen LogP contribution in [0.3, 0.4) is 0 Å². The van der Waals surface area contributed by atoms with Crippen LogP contribution in [0.25, 0.3) is 0 Å². The zero-order chi connectivity index (χ0) is 18.9. The third-order valence-electron chi connectivity index (χ3n) is 3.27. The molecule has 0 saturated heterocycles. The van der Waals surface area contributed by atoms with E-state index in [9.17, 15) is 19.7 Å². The van der Waals surface area contributed by atoms with Gasteiger partial charge in [0, 0.05) is 18.7 Å². The van der Waals surface area contributed by atoms with E-state index < -0.39 is 10.8 Å². The minimum atomic E-state index is -0.523. The van der Waals surface area contributed by atoms with E-state index in [0.717, 1.165) is 0 Å². The van der Waals surface area contributed by atoms with Crippen molar-refractivity contribution in [1.82, 2.24) is 5.32 Å². The highest BCUT2D eigenvalue weighted by atomic mass is 16.6. The lowest BCUT2D eigenvalue weighted by atomic mass is 10.1. The van der Waals surface area contributed by atoms with Gasteiger partial charge >= 0.3 is 0 Å². The van der Waals surface area contributed by atoms with Crippen molar-refractivity contribution in [2.24, 2.45) is 0 Å². The number of carbonyl (C=O) groups is 2. The number of non-ortho nitro benzene ring substituents is 1. The summed E-state index contributed by atoms with van der Waals surface area (Å²) in [6.45, 7) is 3.53. The first kappa shape index (κ1) is 18.7. The van der Waals surface area contributed by atoms with Gasteiger partial charge < -0.3 is 15.4 Å². The maximum absolute atomic E-state index is 12.1. The lowest BCUT2D eigenvalue weighted by Gasteiger charge is -2.11. The fourth-order valence-electron chi connectivity index (χ4n) is 2.05. The van der Waals surface area contributed by atoms with E-state index in [1.165, 1.54) is 24.3 Å². The number of nitrogens with zero attached hydrogens (tertiary/aromatic N) is 1. The number of hydrogen-bond acceptors (Lipinski definition) is 5. The van der Waals surface area contributed by atoms with Crippen molar-refractivity contribution in [2.45, 2.75) is 0 Å². The highest BCUT2D eigenvalue weighted by Gasteiger charge is 2.13. The van der Waals surface area contributed by atoms with Crippen LogP contribution in [-0.2, 0) is 4.79 Å². The molecule has 0 bridgehead atoms. The third-order valence-corrected chi connectivity index (χ3v) is 3.27. The van der Waals surface area contributed by atoms with E-state index in [-0.39, 0.29) is 18.2 Å². The predicted molar refractivity (Wildman–Crippen MR) is 96.2 cm³/mol. The monoisotopic (exact) mass is 355 g/mol. The van der Waals surface area contributed by atoms with Gasteiger partial charge in [-0.2, -0.15) is 0 Å². The Morgan fingerprint density at radius 1 is 1.15 bits per heavy atom. The van der Waals surface area contributed by atoms with Gasteiger partial charge in [0.25, 0.3) is 17.5 Å². The molecule has 8 nitrogen and oxygen atoms in total. The van der Waals surface area contributed by atoms with E-state index >= 15 is 0 Å². The first-order chi connectivity index (χ1) is 12.5. The van der Waals surface area contributed by atoms with Crippen LogP contribution >= 0.6 is 0 Å². The van der Waals surface area contributed by atoms with Gasteiger partial charge in [-0.05, 0) is 24.3 Å². The summed E-state index contributed by atoms with van der Waals surface area (Å²) in [5.74, 6) is -0.479. The first-order valence-electron chi connectivity index (χ1n) is 7.66. The SMILES string of the molecule is C=CCNC(=O)c1ccccc1NC(=O)COc1ccc([N+](=O)[O-])cc1. The number of nitrogens with one attached hydrogen (secondary N) is 2. The van der Waals surface area contributed by atoms with Crippen LogP contribution < -0.4 is 15.4 Å². The van der Waals surface area contributed by atoms with Crippen LogP contribution in [0.1, 0.15) is 10.4 Å². The number of rotatable bonds is 8. The van der Waals surface area contributed by atoms with E-state index in [1.54, 1.807) is 30.3 Å². The zero-order valence-corrected chi connectivity index (χ0v) is 13.8. The van der Waals surface area contributed by atoms with Crippen molar-refractivity contribution >= 4 is 23.2 Å². The Morgan fingerprint density at radius 3 is 2.50 bits per heavy atom. The number of benzene rings is 2. The Hall–Kier alpha value is -3.68. The smallest absolute Gasteiger partial charge is 0.269 e. The van der Waals surface area contributed by atoms with Gasteiger partial charge in [-0.25, -0.2) is 0 Å². The Bertz CT molecular complexity index is 818. The van der Waals surface area contributed by atoms with Crippen molar-refractivity contribution in [1.29, 1.82) is 0 Å². The maximum atomic E-state index is 12.1. The van der Waals surface area contributed by atoms with Gasteiger partial charge in [-0.15, -0.1) is 6.58 Å². The molecule has 8 heteroatoms. The molecule has 0 saturated carbocycles. The lowest BCUT2D eigenvalue weighted by Crippen LogP contribution is -2.26. The summed E-state index contributed by atoms with van der Waals surface area (Å²) in [5, 5.41) is 15.8. The first-order valence-corrected chi connectivity index (χ1v) is 7.66. The topological polar surface area (TPSA) is 111 Å². The van der Waals surface area contributed by atoms with Gasteiger partial charge in [0.15, 0.2) is 6.61 Å². The lowest BCUT2D eigenvalue weighted by molar-refractivity contribution is -0.384. The zero-order valence-electron chi connectivity index (χ0n) is 13.8. The standard InChI is InChI=1S/C18H17N3O5/c1-2-11-19-18(23)15-5-3-4-6-16(15)20-17(22)12-26-14-9-7-13(8-10-14)21(24)25/h2-10H,1,11-12H2,(H,19,23)(H,20,22). The molecule has 0 fully saturated rings. The second kappa shape index (κ2) is 8.97. The summed E-state index contributed by atoms with van der Waals surface area (Å²) in [6.07, 6.45) is 1.55. The predicted octanol–water partition coefficient (Wildman–Crippen LogP) is 2.53. The Balaban J connectivity index is 1.96. The van der Waals surface area contributed by atoms with E-state index in [2.05, 4.69) is 17.2 Å². The molecule has 2 aromatic carbocycles. The average molecular weight is 355 g/mol. The highest BCUT2D eigenvalue weighted by Crippen LogP contribution is 2.18. The van der Waals surface area contributed by atoms with Crippen molar-refractivity contribution in [3.63, 3.8) is 0 Å². The number of anilines is 1. The van der Waals surface area contributed by atoms with Crippen LogP contribution in [0, 0.1) is 10.1 Å². The van der Waals surface area contributed by atoms with Crippen molar-refractivity contribution < 1.29 is 19.2 Å². The molecular weight excluding hydrogens is 338 g/mol. The second-order valence-corrected chi connectivity index (χ2v) is 5.13. The average Bonchev–Trinajstić information content (AvgIpc) is 2.65. The van der Waals surface area contributed by atoms with Crippen molar-refractivity contribution in [2.75, 3.05) is 18.5 Å². The number of carbonyl (C=O) groups excluding carboxylic acids is 2. The summed E-state index contributed by atoms with van der Waals surface area (Å²) < 4.78 is 5.29. The van der Waals surface area contributed by atoms with Crippen LogP contribution in [0.15, 0.2) is 61.2 Å². The Kier molecular flexibility index (Phi) is 6.44. The molecule has 0 radical (unpaired) electrons. The number of amides is 2. The molecule has 0 aliphatic carbocycles. The highest BCUT2D eigenvalue weighted by molar-refractivity contribution is 6.04. The van der Waals surface area contributed by atoms with Crippen molar-refractivity contribution in [3.05, 3.63) is 76.9 Å². The number of ether oxygens (including phenoxy) is 1. The maximum Gasteiger partial charge on any atom is 0.269 e. The minimum Gasteiger partial charge on any atom is -0.484 e. The van der Waals surface area contributed by atoms with Gasteiger partial charge in [0.1, 0.15) is 5.75 Å². The summed E-state index contributed by atoms with van der Waals surface area (Å²) in [5.41, 5.74) is 0.602. The molecule has 0 aromatic heterocycles. The Labute approximate surface area is 149 Å². The summed E-state index contributed by atoms with van der Waals surface area (Å²) in [7, 11) is 0. The molecule has 0 aliphatic heterocycles. The number of hydrogen-bond donors (Lipinski definition) is 2. The molecule has 0 atom stereocenters. The minimum absolute atomic E-state index is 0.0683. The molecule has 134 valence electrons. The van der Waals surface area contributed by atoms with E-state index in [4.69, 9.17) is 4.74 Å². The van der Waals surface area contributed by atoms with Gasteiger partial charge in [-0.3, -0.25) is 19.7 Å². The normalized spacial score (nSPS) is 9.85. The molecule has 0 unspecified atom stereocenters. The van der Waals surface area contributed by atoms with Gasteiger partial charge in [-0.1, -0.05) is 18.2 Å². The summed E-state index contributed by atoms with van der Waals surface area (Å²) >= 11 is 0. The quantitative estimate of drug-likeness (QED) is 0.429. The van der Waals surface area contributed by atoms with Crippen LogP contribution in [-0.4, -0.2) is 29.9 Å². The fourth-order valence-corrected chi connectivity index (χ4v) is 2.05. The molecular formula is C18H17N3O5. The number of nitro benzene ring substituents is 1. The van der Waals surface area contributed by atoms with E-state index in [0.29, 0.717) is 23.5 Å². The number of nitro groups is 1. The molecule has 26 heavy (non-hydrogen) atoms. The Morgan fingerprint density at radius 2 is 1.85 bits per heavy atom. The van der Waals surface area contributed by atoms with E-state index in [1.807, 2.05) is 0 Å². The third kappa shape index (κ3) is 5.17. The largest absolute Gasteiger partial charge is 0.484 e. The fraction of sp³-hybridized carbons (Fsp3) is 0.111. The summed E-state index contributed by atoms with van der Waals surface area (Å²) in [4.78, 5) is 34.2. The second-order valence-electron chi connectivity index (χ2n) is 5.13. The van der Waals surface area contributed by atoms with Crippen LogP contribution in [0.5, 0.6) is 5.75 Å². The molecule has 2 N–H and O–H groups in total. The molecule has 2 rings (SSSR count). The van der Waals surface area contributed by atoms with Crippen molar-refractivity contribution in [3.8, 4) is 5.75 Å². The number of para-hydroxylation sites is 1. The van der Waals surface area contributed by atoms with Crippen LogP contribution in [0.2, 0.25) is 0 Å². The molecule has 0 aliphatic rings. The molecule has 2 aromatic rings. The molecule has 0 heterocycles.